The number of piperidine rings is 1. The highest BCUT2D eigenvalue weighted by Crippen LogP contribution is 2.32. The minimum absolute atomic E-state index is 0.268. The van der Waals surface area contributed by atoms with E-state index in [1.54, 1.807) is 17.6 Å². The van der Waals surface area contributed by atoms with Gasteiger partial charge < -0.3 is 9.73 Å². The summed E-state index contributed by atoms with van der Waals surface area (Å²) < 4.78 is 5.43. The number of nitrogens with zero attached hydrogens (tertiary/aromatic N) is 1. The van der Waals surface area contributed by atoms with Crippen molar-refractivity contribution in [2.24, 2.45) is 0 Å². The Kier molecular flexibility index (Phi) is 4.63. The summed E-state index contributed by atoms with van der Waals surface area (Å²) in [7, 11) is 0. The number of thiazole rings is 1. The third-order valence-electron chi connectivity index (χ3n) is 4.44. The number of hydrogen-bond donors (Lipinski definition) is 2. The molecule has 1 amide bonds. The number of benzene rings is 1. The molecule has 4 rings (SSSR count). The zero-order chi connectivity index (χ0) is 17.1. The minimum Gasteiger partial charge on any atom is -0.459 e. The Morgan fingerprint density at radius 3 is 2.80 bits per heavy atom. The van der Waals surface area contributed by atoms with Crippen molar-refractivity contribution in [1.82, 2.24) is 10.3 Å². The van der Waals surface area contributed by atoms with Crippen LogP contribution in [0.4, 0.5) is 5.13 Å². The highest BCUT2D eigenvalue weighted by Gasteiger charge is 2.21. The second-order valence-corrected chi connectivity index (χ2v) is 7.14. The normalized spacial score (nSPS) is 15.2. The number of amides is 1. The maximum absolute atomic E-state index is 12.6. The largest absolute Gasteiger partial charge is 0.459 e. The van der Waals surface area contributed by atoms with E-state index in [0.717, 1.165) is 37.1 Å². The minimum atomic E-state index is -0.268. The van der Waals surface area contributed by atoms with Crippen LogP contribution in [0.3, 0.4) is 0 Å². The van der Waals surface area contributed by atoms with Crippen molar-refractivity contribution in [3.05, 3.63) is 59.5 Å². The number of aromatic nitrogens is 1. The van der Waals surface area contributed by atoms with E-state index in [-0.39, 0.29) is 5.91 Å². The molecule has 0 unspecified atom stereocenters. The van der Waals surface area contributed by atoms with E-state index in [4.69, 9.17) is 4.42 Å². The second kappa shape index (κ2) is 7.21. The summed E-state index contributed by atoms with van der Waals surface area (Å²) in [5, 5.41) is 6.86. The van der Waals surface area contributed by atoms with Gasteiger partial charge in [-0.05, 0) is 43.5 Å². The summed E-state index contributed by atoms with van der Waals surface area (Å²) in [6.45, 7) is 2.08. The first-order chi connectivity index (χ1) is 12.3. The zero-order valence-corrected chi connectivity index (χ0v) is 14.5. The maximum Gasteiger partial charge on any atom is 0.293 e. The fraction of sp³-hybridized carbons (Fsp3) is 0.263. The van der Waals surface area contributed by atoms with Crippen LogP contribution < -0.4 is 10.6 Å². The molecule has 5 nitrogen and oxygen atoms in total. The Labute approximate surface area is 150 Å². The molecule has 2 N–H and O–H groups in total. The number of furan rings is 1. The molecule has 1 aliphatic heterocycles. The Morgan fingerprint density at radius 1 is 1.20 bits per heavy atom. The van der Waals surface area contributed by atoms with Gasteiger partial charge in [-0.3, -0.25) is 10.1 Å². The van der Waals surface area contributed by atoms with Crippen LogP contribution in [-0.2, 0) is 0 Å². The highest BCUT2D eigenvalue weighted by atomic mass is 32.1. The molecule has 0 radical (unpaired) electrons. The van der Waals surface area contributed by atoms with Gasteiger partial charge in [0.1, 0.15) is 0 Å². The van der Waals surface area contributed by atoms with Crippen molar-refractivity contribution >= 4 is 22.4 Å². The van der Waals surface area contributed by atoms with E-state index >= 15 is 0 Å². The number of carbonyl (C=O) groups excluding carboxylic acids is 1. The van der Waals surface area contributed by atoms with Crippen molar-refractivity contribution in [2.75, 3.05) is 18.4 Å². The number of hydrogen-bond acceptors (Lipinski definition) is 5. The van der Waals surface area contributed by atoms with E-state index < -0.39 is 0 Å². The van der Waals surface area contributed by atoms with Gasteiger partial charge >= 0.3 is 0 Å². The summed E-state index contributed by atoms with van der Waals surface area (Å²) in [6, 6.07) is 11.6. The molecule has 2 aromatic heterocycles. The summed E-state index contributed by atoms with van der Waals surface area (Å²) in [6.07, 6.45) is 5.66. The molecule has 0 spiro atoms. The van der Waals surface area contributed by atoms with Gasteiger partial charge in [0.05, 0.1) is 6.26 Å². The monoisotopic (exact) mass is 353 g/mol. The fourth-order valence-electron chi connectivity index (χ4n) is 3.12. The standard InChI is InChI=1S/C19H19N3O2S/c23-18(17-15(8-11-24-17)13-4-2-1-3-5-13)22-19-21-12-16(25-19)14-6-9-20-10-7-14/h1-5,8,11-12,14,20H,6-7,9-10H2,(H,21,22,23). The second-order valence-electron chi connectivity index (χ2n) is 6.08. The first-order valence-electron chi connectivity index (χ1n) is 8.42. The van der Waals surface area contributed by atoms with Gasteiger partial charge in [0.15, 0.2) is 10.9 Å². The van der Waals surface area contributed by atoms with Gasteiger partial charge in [0.2, 0.25) is 0 Å². The third kappa shape index (κ3) is 3.50. The Bertz CT molecular complexity index is 850. The fourth-order valence-corrected chi connectivity index (χ4v) is 4.10. The van der Waals surface area contributed by atoms with E-state index in [9.17, 15) is 4.79 Å². The lowest BCUT2D eigenvalue weighted by Crippen LogP contribution is -2.26. The van der Waals surface area contributed by atoms with Gasteiger partial charge in [-0.2, -0.15) is 0 Å². The first kappa shape index (κ1) is 16.1. The lowest BCUT2D eigenvalue weighted by atomic mass is 9.97. The highest BCUT2D eigenvalue weighted by molar-refractivity contribution is 7.15. The molecule has 3 aromatic rings. The van der Waals surface area contributed by atoms with Crippen LogP contribution in [0, 0.1) is 0 Å². The molecular formula is C19H19N3O2S. The molecule has 1 fully saturated rings. The van der Waals surface area contributed by atoms with Gasteiger partial charge in [-0.1, -0.05) is 30.3 Å². The third-order valence-corrected chi connectivity index (χ3v) is 5.52. The molecule has 6 heteroatoms. The zero-order valence-electron chi connectivity index (χ0n) is 13.7. The van der Waals surface area contributed by atoms with Crippen molar-refractivity contribution in [1.29, 1.82) is 0 Å². The van der Waals surface area contributed by atoms with Gasteiger partial charge in [-0.25, -0.2) is 4.98 Å². The Balaban J connectivity index is 1.50. The average Bonchev–Trinajstić information content (AvgIpc) is 3.33. The topological polar surface area (TPSA) is 67.2 Å². The molecule has 0 saturated carbocycles. The summed E-state index contributed by atoms with van der Waals surface area (Å²) in [4.78, 5) is 18.2. The van der Waals surface area contributed by atoms with Crippen LogP contribution in [0.2, 0.25) is 0 Å². The summed E-state index contributed by atoms with van der Waals surface area (Å²) in [5.74, 6) is 0.577. The van der Waals surface area contributed by atoms with E-state index in [2.05, 4.69) is 15.6 Å². The maximum atomic E-state index is 12.6. The van der Waals surface area contributed by atoms with Crippen LogP contribution in [0.1, 0.15) is 34.2 Å². The number of carbonyl (C=O) groups is 1. The molecule has 0 aliphatic carbocycles. The predicted octanol–water partition coefficient (Wildman–Crippen LogP) is 4.12. The SMILES string of the molecule is O=C(Nc1ncc(C2CCNCC2)s1)c1occc1-c1ccccc1. The number of rotatable bonds is 4. The van der Waals surface area contributed by atoms with Crippen LogP contribution in [-0.4, -0.2) is 24.0 Å². The molecule has 25 heavy (non-hydrogen) atoms. The smallest absolute Gasteiger partial charge is 0.293 e. The Hall–Kier alpha value is -2.44. The van der Waals surface area contributed by atoms with E-state index in [0.29, 0.717) is 16.8 Å². The molecule has 1 aromatic carbocycles. The van der Waals surface area contributed by atoms with E-state index in [1.165, 1.54) is 4.88 Å². The van der Waals surface area contributed by atoms with Gasteiger partial charge in [0, 0.05) is 16.6 Å². The van der Waals surface area contributed by atoms with Crippen LogP contribution >= 0.6 is 11.3 Å². The number of nitrogens with one attached hydrogen (secondary N) is 2. The number of anilines is 1. The van der Waals surface area contributed by atoms with Crippen LogP contribution in [0.25, 0.3) is 11.1 Å². The molecule has 3 heterocycles. The first-order valence-corrected chi connectivity index (χ1v) is 9.23. The molecule has 0 atom stereocenters. The molecule has 128 valence electrons. The molecular weight excluding hydrogens is 334 g/mol. The molecule has 1 aliphatic rings. The van der Waals surface area contributed by atoms with Gasteiger partial charge in [-0.15, -0.1) is 11.3 Å². The van der Waals surface area contributed by atoms with Gasteiger partial charge in [0.25, 0.3) is 5.91 Å². The average molecular weight is 353 g/mol. The summed E-state index contributed by atoms with van der Waals surface area (Å²) >= 11 is 1.55. The predicted molar refractivity (Wildman–Crippen MR) is 99.1 cm³/mol. The van der Waals surface area contributed by atoms with E-state index in [1.807, 2.05) is 42.6 Å². The lowest BCUT2D eigenvalue weighted by molar-refractivity contribution is 0.0997. The van der Waals surface area contributed by atoms with Crippen LogP contribution in [0.15, 0.2) is 53.3 Å². The molecule has 1 saturated heterocycles. The van der Waals surface area contributed by atoms with Crippen molar-refractivity contribution in [2.45, 2.75) is 18.8 Å². The van der Waals surface area contributed by atoms with Crippen LogP contribution in [0.5, 0.6) is 0 Å². The summed E-state index contributed by atoms with van der Waals surface area (Å²) in [5.41, 5.74) is 1.74. The van der Waals surface area contributed by atoms with Crippen molar-refractivity contribution in [3.63, 3.8) is 0 Å². The van der Waals surface area contributed by atoms with Crippen molar-refractivity contribution in [3.8, 4) is 11.1 Å². The lowest BCUT2D eigenvalue weighted by Gasteiger charge is -2.20. The quantitative estimate of drug-likeness (QED) is 0.740. The Morgan fingerprint density at radius 2 is 2.00 bits per heavy atom. The van der Waals surface area contributed by atoms with Crippen molar-refractivity contribution < 1.29 is 9.21 Å². The molecule has 0 bridgehead atoms.